The van der Waals surface area contributed by atoms with Crippen molar-refractivity contribution in [3.05, 3.63) is 30.1 Å². The van der Waals surface area contributed by atoms with E-state index in [1.54, 1.807) is 11.1 Å². The molecule has 5 nitrogen and oxygen atoms in total. The standard InChI is InChI=1S/C16H22N2O3/c1-2-18(12-13-7-3-6-10-17-13)14(19)11-16(15(20)21)8-4-5-9-16/h3,6-7,10H,2,4-5,8-9,11-12H2,1H3,(H,20,21). The van der Waals surface area contributed by atoms with Gasteiger partial charge in [0, 0.05) is 19.2 Å². The maximum Gasteiger partial charge on any atom is 0.310 e. The predicted molar refractivity (Wildman–Crippen MR) is 78.5 cm³/mol. The van der Waals surface area contributed by atoms with E-state index < -0.39 is 11.4 Å². The first-order valence-electron chi connectivity index (χ1n) is 7.48. The summed E-state index contributed by atoms with van der Waals surface area (Å²) in [6, 6.07) is 5.59. The van der Waals surface area contributed by atoms with E-state index in [0.717, 1.165) is 18.5 Å². The number of aliphatic carboxylic acids is 1. The van der Waals surface area contributed by atoms with Gasteiger partial charge in [0.15, 0.2) is 0 Å². The van der Waals surface area contributed by atoms with E-state index in [-0.39, 0.29) is 12.3 Å². The second kappa shape index (κ2) is 6.70. The Morgan fingerprint density at radius 2 is 2.05 bits per heavy atom. The minimum absolute atomic E-state index is 0.0903. The van der Waals surface area contributed by atoms with E-state index >= 15 is 0 Å². The zero-order chi connectivity index (χ0) is 15.3. The van der Waals surface area contributed by atoms with Gasteiger partial charge in [-0.1, -0.05) is 18.9 Å². The van der Waals surface area contributed by atoms with Gasteiger partial charge in [0.2, 0.25) is 5.91 Å². The molecule has 0 radical (unpaired) electrons. The molecule has 1 aromatic rings. The first-order valence-corrected chi connectivity index (χ1v) is 7.48. The fraction of sp³-hybridized carbons (Fsp3) is 0.562. The Hall–Kier alpha value is -1.91. The van der Waals surface area contributed by atoms with Gasteiger partial charge in [0.25, 0.3) is 0 Å². The van der Waals surface area contributed by atoms with Crippen LogP contribution < -0.4 is 0 Å². The summed E-state index contributed by atoms with van der Waals surface area (Å²) in [5.74, 6) is -0.922. The van der Waals surface area contributed by atoms with Crippen LogP contribution in [0.5, 0.6) is 0 Å². The van der Waals surface area contributed by atoms with Crippen molar-refractivity contribution >= 4 is 11.9 Å². The Morgan fingerprint density at radius 1 is 1.33 bits per heavy atom. The van der Waals surface area contributed by atoms with E-state index in [1.165, 1.54) is 0 Å². The second-order valence-corrected chi connectivity index (χ2v) is 5.70. The van der Waals surface area contributed by atoms with Crippen LogP contribution in [0.15, 0.2) is 24.4 Å². The molecule has 5 heteroatoms. The first kappa shape index (κ1) is 15.5. The van der Waals surface area contributed by atoms with Gasteiger partial charge in [-0.15, -0.1) is 0 Å². The molecular formula is C16H22N2O3. The lowest BCUT2D eigenvalue weighted by Crippen LogP contribution is -2.38. The van der Waals surface area contributed by atoms with E-state index in [4.69, 9.17) is 0 Å². The molecule has 1 fully saturated rings. The van der Waals surface area contributed by atoms with Gasteiger partial charge in [-0.05, 0) is 31.9 Å². The highest BCUT2D eigenvalue weighted by molar-refractivity contribution is 5.85. The average Bonchev–Trinajstić information content (AvgIpc) is 2.95. The van der Waals surface area contributed by atoms with Crippen molar-refractivity contribution in [1.29, 1.82) is 0 Å². The third-order valence-electron chi connectivity index (χ3n) is 4.32. The van der Waals surface area contributed by atoms with Crippen LogP contribution in [-0.4, -0.2) is 33.4 Å². The highest BCUT2D eigenvalue weighted by Gasteiger charge is 2.43. The third-order valence-corrected chi connectivity index (χ3v) is 4.32. The average molecular weight is 290 g/mol. The number of hydrogen-bond donors (Lipinski definition) is 1. The normalized spacial score (nSPS) is 16.6. The van der Waals surface area contributed by atoms with Gasteiger partial charge in [-0.3, -0.25) is 14.6 Å². The summed E-state index contributed by atoms with van der Waals surface area (Å²) < 4.78 is 0. The molecule has 1 amide bonds. The topological polar surface area (TPSA) is 70.5 Å². The number of carbonyl (C=O) groups excluding carboxylic acids is 1. The molecule has 21 heavy (non-hydrogen) atoms. The van der Waals surface area contributed by atoms with Crippen molar-refractivity contribution < 1.29 is 14.7 Å². The van der Waals surface area contributed by atoms with Crippen LogP contribution in [0.1, 0.15) is 44.7 Å². The second-order valence-electron chi connectivity index (χ2n) is 5.70. The molecule has 0 bridgehead atoms. The molecule has 2 rings (SSSR count). The van der Waals surface area contributed by atoms with Crippen LogP contribution in [0, 0.1) is 5.41 Å². The molecule has 0 spiro atoms. The molecular weight excluding hydrogens is 268 g/mol. The van der Waals surface area contributed by atoms with Crippen LogP contribution in [0.4, 0.5) is 0 Å². The lowest BCUT2D eigenvalue weighted by Gasteiger charge is -2.27. The SMILES string of the molecule is CCN(Cc1ccccn1)C(=O)CC1(C(=O)O)CCCC1. The summed E-state index contributed by atoms with van der Waals surface area (Å²) in [7, 11) is 0. The van der Waals surface area contributed by atoms with E-state index in [9.17, 15) is 14.7 Å². The Morgan fingerprint density at radius 3 is 2.57 bits per heavy atom. The number of rotatable bonds is 6. The minimum Gasteiger partial charge on any atom is -0.481 e. The highest BCUT2D eigenvalue weighted by Crippen LogP contribution is 2.41. The van der Waals surface area contributed by atoms with Crippen molar-refractivity contribution in [3.63, 3.8) is 0 Å². The summed E-state index contributed by atoms with van der Waals surface area (Å²) in [6.45, 7) is 2.90. The summed E-state index contributed by atoms with van der Waals surface area (Å²) >= 11 is 0. The largest absolute Gasteiger partial charge is 0.481 e. The summed E-state index contributed by atoms with van der Waals surface area (Å²) in [5, 5.41) is 9.47. The van der Waals surface area contributed by atoms with Crippen molar-refractivity contribution in [3.8, 4) is 0 Å². The zero-order valence-corrected chi connectivity index (χ0v) is 12.4. The quantitative estimate of drug-likeness (QED) is 0.873. The summed E-state index contributed by atoms with van der Waals surface area (Å²) in [6.07, 6.45) is 4.80. The molecule has 0 atom stereocenters. The molecule has 0 aromatic carbocycles. The van der Waals surface area contributed by atoms with Gasteiger partial charge >= 0.3 is 5.97 Å². The Balaban J connectivity index is 2.04. The maximum atomic E-state index is 12.5. The monoisotopic (exact) mass is 290 g/mol. The number of carboxylic acids is 1. The number of aromatic nitrogens is 1. The van der Waals surface area contributed by atoms with E-state index in [0.29, 0.717) is 25.9 Å². The number of carboxylic acid groups (broad SMARTS) is 1. The van der Waals surface area contributed by atoms with Crippen molar-refractivity contribution in [2.75, 3.05) is 6.54 Å². The van der Waals surface area contributed by atoms with Gasteiger partial charge < -0.3 is 10.0 Å². The van der Waals surface area contributed by atoms with Crippen molar-refractivity contribution in [2.24, 2.45) is 5.41 Å². The molecule has 1 heterocycles. The maximum absolute atomic E-state index is 12.5. The van der Waals surface area contributed by atoms with Crippen LogP contribution >= 0.6 is 0 Å². The molecule has 1 aromatic heterocycles. The highest BCUT2D eigenvalue weighted by atomic mass is 16.4. The molecule has 0 unspecified atom stereocenters. The summed E-state index contributed by atoms with van der Waals surface area (Å²) in [5.41, 5.74) is -0.0299. The minimum atomic E-state index is -0.853. The number of carbonyl (C=O) groups is 2. The fourth-order valence-electron chi connectivity index (χ4n) is 2.98. The third kappa shape index (κ3) is 3.60. The number of pyridine rings is 1. The van der Waals surface area contributed by atoms with E-state index in [1.807, 2.05) is 25.1 Å². The van der Waals surface area contributed by atoms with Crippen LogP contribution in [0.25, 0.3) is 0 Å². The number of hydrogen-bond acceptors (Lipinski definition) is 3. The molecule has 0 aliphatic heterocycles. The van der Waals surface area contributed by atoms with E-state index in [2.05, 4.69) is 4.98 Å². The van der Waals surface area contributed by atoms with Crippen molar-refractivity contribution in [2.45, 2.75) is 45.6 Å². The predicted octanol–water partition coefficient (Wildman–Crippen LogP) is 2.47. The number of amides is 1. The lowest BCUT2D eigenvalue weighted by molar-refractivity contribution is -0.153. The lowest BCUT2D eigenvalue weighted by atomic mass is 9.82. The molecule has 1 aliphatic rings. The molecule has 1 aliphatic carbocycles. The van der Waals surface area contributed by atoms with Crippen LogP contribution in [0.2, 0.25) is 0 Å². The fourth-order valence-corrected chi connectivity index (χ4v) is 2.98. The molecule has 1 saturated carbocycles. The molecule has 114 valence electrons. The van der Waals surface area contributed by atoms with Gasteiger partial charge in [-0.2, -0.15) is 0 Å². The van der Waals surface area contributed by atoms with Crippen LogP contribution in [0.3, 0.4) is 0 Å². The Bertz CT molecular complexity index is 496. The summed E-state index contributed by atoms with van der Waals surface area (Å²) in [4.78, 5) is 29.9. The first-order chi connectivity index (χ1) is 10.1. The Kier molecular flexibility index (Phi) is 4.94. The Labute approximate surface area is 125 Å². The van der Waals surface area contributed by atoms with Crippen LogP contribution in [-0.2, 0) is 16.1 Å². The van der Waals surface area contributed by atoms with Gasteiger partial charge in [0.05, 0.1) is 17.7 Å². The van der Waals surface area contributed by atoms with Crippen molar-refractivity contribution in [1.82, 2.24) is 9.88 Å². The molecule has 1 N–H and O–H groups in total. The van der Waals surface area contributed by atoms with Gasteiger partial charge in [-0.25, -0.2) is 0 Å². The number of nitrogens with zero attached hydrogens (tertiary/aromatic N) is 2. The smallest absolute Gasteiger partial charge is 0.310 e. The zero-order valence-electron chi connectivity index (χ0n) is 12.4. The van der Waals surface area contributed by atoms with Gasteiger partial charge in [0.1, 0.15) is 0 Å². The molecule has 0 saturated heterocycles.